The first kappa shape index (κ1) is 16.2. The summed E-state index contributed by atoms with van der Waals surface area (Å²) in [6.45, 7) is 0. The van der Waals surface area contributed by atoms with Gasteiger partial charge in [0.1, 0.15) is 23.6 Å². The van der Waals surface area contributed by atoms with Crippen LogP contribution in [0.15, 0.2) is 34.3 Å². The third kappa shape index (κ3) is 3.32. The van der Waals surface area contributed by atoms with Gasteiger partial charge in [-0.3, -0.25) is 0 Å². The van der Waals surface area contributed by atoms with Gasteiger partial charge in [0.25, 0.3) is 0 Å². The molecule has 10 heteroatoms. The molecule has 0 radical (unpaired) electrons. The van der Waals surface area contributed by atoms with Crippen LogP contribution in [0, 0.1) is 0 Å². The Morgan fingerprint density at radius 3 is 2.78 bits per heavy atom. The molecule has 1 atom stereocenters. The number of nitrogens with zero attached hydrogens (tertiary/aromatic N) is 4. The monoisotopic (exact) mass is 412 g/mol. The summed E-state index contributed by atoms with van der Waals surface area (Å²) in [6, 6.07) is 3.45. The molecule has 7 nitrogen and oxygen atoms in total. The molecule has 0 amide bonds. The van der Waals surface area contributed by atoms with Gasteiger partial charge in [-0.2, -0.15) is 9.97 Å². The number of anilines is 3. The van der Waals surface area contributed by atoms with Crippen molar-refractivity contribution in [3.8, 4) is 0 Å². The third-order valence-corrected chi connectivity index (χ3v) is 4.63. The SMILES string of the molecule is C[S+]([O-])c1ncc2ncnc(Nc3cc(Cl)c(N)c(Br)c3)c2n1. The lowest BCUT2D eigenvalue weighted by Gasteiger charge is -2.10. The minimum Gasteiger partial charge on any atom is -0.609 e. The summed E-state index contributed by atoms with van der Waals surface area (Å²) in [5, 5.41) is 3.73. The van der Waals surface area contributed by atoms with E-state index in [9.17, 15) is 4.55 Å². The first-order valence-corrected chi connectivity index (χ1v) is 9.01. The standard InChI is InChI=1S/C13H10BrClN6OS/c1-23(22)13-17-4-9-11(21-13)12(19-5-18-9)20-6-2-7(14)10(16)8(15)3-6/h2-5H,16H2,1H3,(H,18,19,20). The van der Waals surface area contributed by atoms with Crippen molar-refractivity contribution in [3.05, 3.63) is 34.2 Å². The molecule has 3 rings (SSSR count). The van der Waals surface area contributed by atoms with Gasteiger partial charge in [0.05, 0.1) is 16.9 Å². The first-order valence-electron chi connectivity index (χ1n) is 6.28. The number of hydrogen-bond acceptors (Lipinski definition) is 7. The van der Waals surface area contributed by atoms with E-state index in [2.05, 4.69) is 41.2 Å². The van der Waals surface area contributed by atoms with Crippen molar-refractivity contribution in [1.82, 2.24) is 19.9 Å². The van der Waals surface area contributed by atoms with Crippen molar-refractivity contribution >= 4 is 66.9 Å². The van der Waals surface area contributed by atoms with Gasteiger partial charge in [0, 0.05) is 21.3 Å². The molecule has 0 saturated heterocycles. The predicted molar refractivity (Wildman–Crippen MR) is 94.3 cm³/mol. The molecular weight excluding hydrogens is 404 g/mol. The Labute approximate surface area is 148 Å². The van der Waals surface area contributed by atoms with E-state index in [4.69, 9.17) is 17.3 Å². The van der Waals surface area contributed by atoms with Gasteiger partial charge in [-0.25, -0.2) is 9.97 Å². The summed E-state index contributed by atoms with van der Waals surface area (Å²) in [5.74, 6) is 0.455. The maximum Gasteiger partial charge on any atom is 0.343 e. The highest BCUT2D eigenvalue weighted by Gasteiger charge is 2.14. The lowest BCUT2D eigenvalue weighted by Crippen LogP contribution is -2.06. The molecule has 1 unspecified atom stereocenters. The lowest BCUT2D eigenvalue weighted by molar-refractivity contribution is 0.592. The van der Waals surface area contributed by atoms with Gasteiger partial charge in [-0.1, -0.05) is 11.6 Å². The highest BCUT2D eigenvalue weighted by Crippen LogP contribution is 2.33. The molecule has 2 heterocycles. The highest BCUT2D eigenvalue weighted by atomic mass is 79.9. The molecule has 0 spiro atoms. The topological polar surface area (TPSA) is 113 Å². The Morgan fingerprint density at radius 1 is 1.30 bits per heavy atom. The zero-order valence-corrected chi connectivity index (χ0v) is 14.9. The minimum absolute atomic E-state index is 0.215. The average molecular weight is 414 g/mol. The summed E-state index contributed by atoms with van der Waals surface area (Å²) in [4.78, 5) is 16.6. The van der Waals surface area contributed by atoms with Crippen LogP contribution in [0.3, 0.4) is 0 Å². The average Bonchev–Trinajstić information content (AvgIpc) is 2.52. The molecule has 2 aromatic heterocycles. The van der Waals surface area contributed by atoms with E-state index in [0.717, 1.165) is 0 Å². The van der Waals surface area contributed by atoms with Crippen molar-refractivity contribution in [1.29, 1.82) is 0 Å². The molecule has 3 aromatic rings. The van der Waals surface area contributed by atoms with E-state index >= 15 is 0 Å². The third-order valence-electron chi connectivity index (χ3n) is 2.95. The Kier molecular flexibility index (Phi) is 4.53. The van der Waals surface area contributed by atoms with Crippen molar-refractivity contribution < 1.29 is 4.55 Å². The Hall–Kier alpha value is -1.68. The fourth-order valence-electron chi connectivity index (χ4n) is 1.86. The molecule has 3 N–H and O–H groups in total. The second-order valence-corrected chi connectivity index (χ2v) is 7.08. The lowest BCUT2D eigenvalue weighted by atomic mass is 10.3. The van der Waals surface area contributed by atoms with Crippen LogP contribution in [0.5, 0.6) is 0 Å². The Morgan fingerprint density at radius 2 is 2.09 bits per heavy atom. The van der Waals surface area contributed by atoms with E-state index in [1.165, 1.54) is 18.8 Å². The molecule has 23 heavy (non-hydrogen) atoms. The summed E-state index contributed by atoms with van der Waals surface area (Å²) in [7, 11) is 0. The van der Waals surface area contributed by atoms with Crippen molar-refractivity contribution in [2.24, 2.45) is 0 Å². The molecule has 0 saturated carbocycles. The van der Waals surface area contributed by atoms with Crippen molar-refractivity contribution in [3.63, 3.8) is 0 Å². The van der Waals surface area contributed by atoms with E-state index in [0.29, 0.717) is 37.7 Å². The van der Waals surface area contributed by atoms with Crippen LogP contribution in [0.25, 0.3) is 11.0 Å². The van der Waals surface area contributed by atoms with Crippen LogP contribution in [0.4, 0.5) is 17.2 Å². The highest BCUT2D eigenvalue weighted by molar-refractivity contribution is 9.10. The van der Waals surface area contributed by atoms with E-state index in [1.807, 2.05) is 0 Å². The molecule has 0 bridgehead atoms. The number of hydrogen-bond donors (Lipinski definition) is 2. The molecule has 0 aliphatic carbocycles. The van der Waals surface area contributed by atoms with Crippen LogP contribution in [-0.4, -0.2) is 30.7 Å². The second kappa shape index (κ2) is 6.44. The van der Waals surface area contributed by atoms with Gasteiger partial charge in [-0.05, 0) is 28.1 Å². The number of nitrogens with one attached hydrogen (secondary N) is 1. The van der Waals surface area contributed by atoms with Crippen molar-refractivity contribution in [2.75, 3.05) is 17.3 Å². The largest absolute Gasteiger partial charge is 0.609 e. The van der Waals surface area contributed by atoms with Gasteiger partial charge >= 0.3 is 5.16 Å². The van der Waals surface area contributed by atoms with E-state index in [1.54, 1.807) is 12.1 Å². The van der Waals surface area contributed by atoms with E-state index < -0.39 is 11.2 Å². The summed E-state index contributed by atoms with van der Waals surface area (Å²) < 4.78 is 12.2. The number of benzene rings is 1. The zero-order chi connectivity index (χ0) is 16.6. The predicted octanol–water partition coefficient (Wildman–Crippen LogP) is 2.90. The summed E-state index contributed by atoms with van der Waals surface area (Å²) in [5.41, 5.74) is 7.94. The minimum atomic E-state index is -1.30. The molecule has 1 aromatic carbocycles. The molecule has 0 fully saturated rings. The summed E-state index contributed by atoms with van der Waals surface area (Å²) in [6.07, 6.45) is 4.41. The van der Waals surface area contributed by atoms with E-state index in [-0.39, 0.29) is 5.16 Å². The van der Waals surface area contributed by atoms with Gasteiger partial charge in [0.2, 0.25) is 0 Å². The fourth-order valence-corrected chi connectivity index (χ4v) is 3.08. The maximum absolute atomic E-state index is 11.6. The van der Waals surface area contributed by atoms with Crippen molar-refractivity contribution in [2.45, 2.75) is 5.16 Å². The normalized spacial score (nSPS) is 12.3. The number of aromatic nitrogens is 4. The van der Waals surface area contributed by atoms with Gasteiger partial charge < -0.3 is 15.6 Å². The number of halogens is 2. The molecule has 0 aliphatic rings. The quantitative estimate of drug-likeness (QED) is 0.385. The number of fused-ring (bicyclic) bond motifs is 1. The Bertz CT molecular complexity index is 870. The van der Waals surface area contributed by atoms with Crippen LogP contribution < -0.4 is 11.1 Å². The van der Waals surface area contributed by atoms with Gasteiger partial charge in [0.15, 0.2) is 5.82 Å². The van der Waals surface area contributed by atoms with Gasteiger partial charge in [-0.15, -0.1) is 0 Å². The fraction of sp³-hybridized carbons (Fsp3) is 0.0769. The molecule has 118 valence electrons. The van der Waals surface area contributed by atoms with Crippen LogP contribution in [0.2, 0.25) is 5.02 Å². The number of rotatable bonds is 3. The Balaban J connectivity index is 2.07. The number of nitrogens with two attached hydrogens (primary N) is 1. The smallest absolute Gasteiger partial charge is 0.343 e. The zero-order valence-electron chi connectivity index (χ0n) is 11.7. The van der Waals surface area contributed by atoms with Crippen LogP contribution in [0.1, 0.15) is 0 Å². The first-order chi connectivity index (χ1) is 11.0. The molecule has 0 aliphatic heterocycles. The second-order valence-electron chi connectivity index (χ2n) is 4.54. The summed E-state index contributed by atoms with van der Waals surface area (Å²) >= 11 is 8.12. The number of nitrogen functional groups attached to an aromatic ring is 1. The van der Waals surface area contributed by atoms with Crippen LogP contribution in [-0.2, 0) is 11.2 Å². The molecular formula is C13H10BrClN6OS. The maximum atomic E-state index is 11.6. The van der Waals surface area contributed by atoms with Crippen LogP contribution >= 0.6 is 27.5 Å².